The largest absolute Gasteiger partial charge is 0.464 e. The average molecular weight is 327 g/mol. The third kappa shape index (κ3) is 3.69. The van der Waals surface area contributed by atoms with E-state index in [1.165, 1.54) is 7.11 Å². The van der Waals surface area contributed by atoms with Gasteiger partial charge >= 0.3 is 5.97 Å². The minimum absolute atomic E-state index is 0. The van der Waals surface area contributed by atoms with Crippen LogP contribution in [0, 0.1) is 5.92 Å². The van der Waals surface area contributed by atoms with Crippen LogP contribution in [0.2, 0.25) is 0 Å². The fourth-order valence-corrected chi connectivity index (χ4v) is 1.92. The highest BCUT2D eigenvalue weighted by atomic mass is 79.9. The SMILES string of the molecule is COC(=O)c1cc(Br)nn1C(CN)C(C)C.Cl. The maximum absolute atomic E-state index is 11.5. The monoisotopic (exact) mass is 325 g/mol. The molecule has 2 N–H and O–H groups in total. The molecule has 7 heteroatoms. The van der Waals surface area contributed by atoms with E-state index in [4.69, 9.17) is 10.5 Å². The molecule has 0 aliphatic heterocycles. The number of aromatic nitrogens is 2. The number of ether oxygens (including phenoxy) is 1. The van der Waals surface area contributed by atoms with E-state index in [0.717, 1.165) is 0 Å². The molecule has 1 heterocycles. The van der Waals surface area contributed by atoms with E-state index in [9.17, 15) is 4.79 Å². The first-order valence-corrected chi connectivity index (χ1v) is 5.84. The third-order valence-corrected chi connectivity index (χ3v) is 2.81. The van der Waals surface area contributed by atoms with Gasteiger partial charge in [-0.15, -0.1) is 12.4 Å². The zero-order chi connectivity index (χ0) is 12.3. The lowest BCUT2D eigenvalue weighted by atomic mass is 10.0. The van der Waals surface area contributed by atoms with Gasteiger partial charge in [0.1, 0.15) is 10.3 Å². The molecular weight excluding hydrogens is 309 g/mol. The molecule has 0 radical (unpaired) electrons. The zero-order valence-corrected chi connectivity index (χ0v) is 12.4. The van der Waals surface area contributed by atoms with Gasteiger partial charge in [-0.2, -0.15) is 5.10 Å². The lowest BCUT2D eigenvalue weighted by Crippen LogP contribution is -2.28. The van der Waals surface area contributed by atoms with E-state index < -0.39 is 5.97 Å². The molecule has 0 aliphatic carbocycles. The Bertz CT molecular complexity index is 382. The van der Waals surface area contributed by atoms with Crippen LogP contribution >= 0.6 is 28.3 Å². The minimum Gasteiger partial charge on any atom is -0.464 e. The van der Waals surface area contributed by atoms with Crippen molar-refractivity contribution in [3.8, 4) is 0 Å². The predicted molar refractivity (Wildman–Crippen MR) is 71.4 cm³/mol. The topological polar surface area (TPSA) is 70.1 Å². The number of nitrogens with zero attached hydrogens (tertiary/aromatic N) is 2. The minimum atomic E-state index is -0.405. The average Bonchev–Trinajstić information content (AvgIpc) is 2.60. The van der Waals surface area contributed by atoms with Crippen LogP contribution in [-0.2, 0) is 4.74 Å². The predicted octanol–water partition coefficient (Wildman–Crippen LogP) is 2.01. The molecule has 0 fully saturated rings. The summed E-state index contributed by atoms with van der Waals surface area (Å²) in [4.78, 5) is 11.5. The maximum Gasteiger partial charge on any atom is 0.356 e. The van der Waals surface area contributed by atoms with Crippen LogP contribution in [0.1, 0.15) is 30.4 Å². The third-order valence-electron chi connectivity index (χ3n) is 2.43. The first-order chi connectivity index (χ1) is 7.51. The van der Waals surface area contributed by atoms with Crippen molar-refractivity contribution < 1.29 is 9.53 Å². The van der Waals surface area contributed by atoms with Gasteiger partial charge < -0.3 is 10.5 Å². The molecule has 0 saturated carbocycles. The van der Waals surface area contributed by atoms with E-state index >= 15 is 0 Å². The molecule has 0 aromatic carbocycles. The lowest BCUT2D eigenvalue weighted by molar-refractivity contribution is 0.0581. The molecule has 1 atom stereocenters. The molecular formula is C10H17BrClN3O2. The molecule has 0 spiro atoms. The van der Waals surface area contributed by atoms with E-state index in [-0.39, 0.29) is 18.4 Å². The van der Waals surface area contributed by atoms with Gasteiger partial charge in [0.05, 0.1) is 13.2 Å². The van der Waals surface area contributed by atoms with Crippen molar-refractivity contribution >= 4 is 34.3 Å². The number of hydrogen-bond donors (Lipinski definition) is 1. The molecule has 1 rings (SSSR count). The Morgan fingerprint density at radius 3 is 2.65 bits per heavy atom. The van der Waals surface area contributed by atoms with E-state index in [2.05, 4.69) is 21.0 Å². The highest BCUT2D eigenvalue weighted by Gasteiger charge is 2.22. The van der Waals surface area contributed by atoms with Gasteiger partial charge in [0, 0.05) is 12.6 Å². The Morgan fingerprint density at radius 1 is 1.65 bits per heavy atom. The van der Waals surface area contributed by atoms with Crippen LogP contribution in [0.25, 0.3) is 0 Å². The highest BCUT2D eigenvalue weighted by molar-refractivity contribution is 9.10. The maximum atomic E-state index is 11.5. The number of esters is 1. The number of hydrogen-bond acceptors (Lipinski definition) is 4. The molecule has 98 valence electrons. The number of methoxy groups -OCH3 is 1. The summed E-state index contributed by atoms with van der Waals surface area (Å²) in [6.45, 7) is 4.50. The normalized spacial score (nSPS) is 12.1. The second kappa shape index (κ2) is 6.98. The van der Waals surface area contributed by atoms with Gasteiger partial charge in [0.25, 0.3) is 0 Å². The number of carbonyl (C=O) groups excluding carboxylic acids is 1. The zero-order valence-electron chi connectivity index (χ0n) is 10.0. The Kier molecular flexibility index (Phi) is 6.74. The molecule has 0 aliphatic rings. The van der Waals surface area contributed by atoms with Crippen LogP contribution in [0.3, 0.4) is 0 Å². The summed E-state index contributed by atoms with van der Waals surface area (Å²) in [5.41, 5.74) is 6.11. The van der Waals surface area contributed by atoms with Gasteiger partial charge in [0.15, 0.2) is 0 Å². The van der Waals surface area contributed by atoms with Crippen molar-refractivity contribution in [2.75, 3.05) is 13.7 Å². The molecule has 0 amide bonds. The van der Waals surface area contributed by atoms with Gasteiger partial charge in [-0.3, -0.25) is 4.68 Å². The van der Waals surface area contributed by atoms with Crippen LogP contribution in [0.5, 0.6) is 0 Å². The van der Waals surface area contributed by atoms with Crippen molar-refractivity contribution in [3.05, 3.63) is 16.4 Å². The van der Waals surface area contributed by atoms with Gasteiger partial charge in [0.2, 0.25) is 0 Å². The van der Waals surface area contributed by atoms with E-state index in [1.54, 1.807) is 10.7 Å². The van der Waals surface area contributed by atoms with Gasteiger partial charge in [-0.1, -0.05) is 13.8 Å². The lowest BCUT2D eigenvalue weighted by Gasteiger charge is -2.21. The van der Waals surface area contributed by atoms with E-state index in [0.29, 0.717) is 22.8 Å². The summed E-state index contributed by atoms with van der Waals surface area (Å²) in [6, 6.07) is 1.62. The Hall–Kier alpha value is -0.590. The molecule has 1 aromatic heterocycles. The summed E-state index contributed by atoms with van der Waals surface area (Å²) in [5.74, 6) is -0.113. The number of nitrogens with two attached hydrogens (primary N) is 1. The standard InChI is InChI=1S/C10H16BrN3O2.ClH/c1-6(2)8(5-12)14-7(10(15)16-3)4-9(11)13-14;/h4,6,8H,5,12H2,1-3H3;1H. The van der Waals surface area contributed by atoms with E-state index in [1.807, 2.05) is 13.8 Å². The van der Waals surface area contributed by atoms with Crippen molar-refractivity contribution in [2.45, 2.75) is 19.9 Å². The van der Waals surface area contributed by atoms with Crippen LogP contribution in [0.15, 0.2) is 10.7 Å². The smallest absolute Gasteiger partial charge is 0.356 e. The summed E-state index contributed by atoms with van der Waals surface area (Å²) in [6.07, 6.45) is 0. The quantitative estimate of drug-likeness (QED) is 0.859. The number of rotatable bonds is 4. The van der Waals surface area contributed by atoms with Crippen LogP contribution < -0.4 is 5.73 Å². The fourth-order valence-electron chi connectivity index (χ4n) is 1.53. The van der Waals surface area contributed by atoms with Crippen molar-refractivity contribution in [1.29, 1.82) is 0 Å². The molecule has 0 bridgehead atoms. The Morgan fingerprint density at radius 2 is 2.24 bits per heavy atom. The summed E-state index contributed by atoms with van der Waals surface area (Å²) in [5, 5.41) is 4.22. The van der Waals surface area contributed by atoms with Crippen LogP contribution in [0.4, 0.5) is 0 Å². The van der Waals surface area contributed by atoms with Crippen molar-refractivity contribution in [2.24, 2.45) is 11.7 Å². The number of halogens is 2. The molecule has 0 saturated heterocycles. The van der Waals surface area contributed by atoms with Gasteiger partial charge in [-0.25, -0.2) is 4.79 Å². The molecule has 5 nitrogen and oxygen atoms in total. The molecule has 1 unspecified atom stereocenters. The summed E-state index contributed by atoms with van der Waals surface area (Å²) in [7, 11) is 1.35. The molecule has 17 heavy (non-hydrogen) atoms. The number of carbonyl (C=O) groups is 1. The second-order valence-electron chi connectivity index (χ2n) is 3.84. The fraction of sp³-hybridized carbons (Fsp3) is 0.600. The Balaban J connectivity index is 0.00000256. The van der Waals surface area contributed by atoms with Crippen LogP contribution in [-0.4, -0.2) is 29.4 Å². The van der Waals surface area contributed by atoms with Crippen molar-refractivity contribution in [3.63, 3.8) is 0 Å². The summed E-state index contributed by atoms with van der Waals surface area (Å²) >= 11 is 3.25. The van der Waals surface area contributed by atoms with Gasteiger partial charge in [-0.05, 0) is 21.8 Å². The van der Waals surface area contributed by atoms with Crippen molar-refractivity contribution in [1.82, 2.24) is 9.78 Å². The summed E-state index contributed by atoms with van der Waals surface area (Å²) < 4.78 is 6.93. The first-order valence-electron chi connectivity index (χ1n) is 5.04. The Labute approximate surface area is 115 Å². The first kappa shape index (κ1) is 16.4. The highest BCUT2D eigenvalue weighted by Crippen LogP contribution is 2.21. The molecule has 1 aromatic rings. The second-order valence-corrected chi connectivity index (χ2v) is 4.65.